The Morgan fingerprint density at radius 3 is 1.69 bits per heavy atom. The van der Waals surface area contributed by atoms with Gasteiger partial charge in [-0.05, 0) is 23.6 Å². The van der Waals surface area contributed by atoms with Gasteiger partial charge in [0.1, 0.15) is 13.3 Å². The number of benzene rings is 1. The van der Waals surface area contributed by atoms with Crippen molar-refractivity contribution in [3.05, 3.63) is 29.8 Å². The average molecular weight is 393 g/mol. The van der Waals surface area contributed by atoms with Gasteiger partial charge in [0.15, 0.2) is 0 Å². The lowest BCUT2D eigenvalue weighted by Gasteiger charge is -2.31. The Hall–Kier alpha value is -2.00. The predicted molar refractivity (Wildman–Crippen MR) is 102 cm³/mol. The van der Waals surface area contributed by atoms with Crippen LogP contribution < -0.4 is 4.90 Å². The van der Waals surface area contributed by atoms with Gasteiger partial charge in [0.05, 0.1) is 11.5 Å². The zero-order valence-electron chi connectivity index (χ0n) is 14.5. The summed E-state index contributed by atoms with van der Waals surface area (Å²) in [6.07, 6.45) is 0. The molecule has 9 heteroatoms. The first kappa shape index (κ1) is 18.8. The molecule has 0 spiro atoms. The molecule has 3 rings (SSSR count). The van der Waals surface area contributed by atoms with E-state index in [0.29, 0.717) is 5.92 Å². The van der Waals surface area contributed by atoms with E-state index in [1.807, 2.05) is 24.3 Å². The second kappa shape index (κ2) is 7.71. The lowest BCUT2D eigenvalue weighted by molar-refractivity contribution is -0.124. The van der Waals surface area contributed by atoms with Gasteiger partial charge in [0.25, 0.3) is 10.5 Å². The maximum absolute atomic E-state index is 12.0. The van der Waals surface area contributed by atoms with Crippen molar-refractivity contribution < 1.29 is 19.2 Å². The first-order valence-electron chi connectivity index (χ1n) is 8.16. The van der Waals surface area contributed by atoms with E-state index in [2.05, 4.69) is 13.8 Å². The number of carbonyl (C=O) groups excluding carboxylic acids is 4. The normalized spacial score (nSPS) is 17.8. The maximum Gasteiger partial charge on any atom is 0.290 e. The van der Waals surface area contributed by atoms with E-state index in [-0.39, 0.29) is 47.1 Å². The van der Waals surface area contributed by atoms with E-state index in [1.165, 1.54) is 0 Å². The molecule has 2 aliphatic rings. The molecule has 2 heterocycles. The van der Waals surface area contributed by atoms with Crippen molar-refractivity contribution in [2.75, 3.05) is 29.7 Å². The summed E-state index contributed by atoms with van der Waals surface area (Å²) >= 11 is 1.92. The van der Waals surface area contributed by atoms with Crippen molar-refractivity contribution >= 4 is 51.5 Å². The van der Waals surface area contributed by atoms with Crippen molar-refractivity contribution in [2.45, 2.75) is 19.8 Å². The van der Waals surface area contributed by atoms with Gasteiger partial charge in [-0.25, -0.2) is 0 Å². The molecular weight excluding hydrogens is 374 g/mol. The molecule has 2 saturated heterocycles. The second-order valence-corrected chi connectivity index (χ2v) is 8.17. The van der Waals surface area contributed by atoms with Gasteiger partial charge in [-0.15, -0.1) is 0 Å². The van der Waals surface area contributed by atoms with Gasteiger partial charge < -0.3 is 4.90 Å². The van der Waals surface area contributed by atoms with Gasteiger partial charge in [-0.3, -0.25) is 29.0 Å². The minimum absolute atomic E-state index is 0.00736. The molecule has 0 radical (unpaired) electrons. The van der Waals surface area contributed by atoms with Crippen LogP contribution in [0.3, 0.4) is 0 Å². The molecule has 0 N–H and O–H groups in total. The van der Waals surface area contributed by atoms with Crippen molar-refractivity contribution in [1.82, 2.24) is 9.80 Å². The second-order valence-electron chi connectivity index (χ2n) is 6.32. The van der Waals surface area contributed by atoms with Crippen LogP contribution in [0.1, 0.15) is 25.3 Å². The van der Waals surface area contributed by atoms with E-state index in [0.717, 1.165) is 44.6 Å². The van der Waals surface area contributed by atoms with Crippen LogP contribution in [0.25, 0.3) is 0 Å². The third-order valence-electron chi connectivity index (χ3n) is 4.23. The van der Waals surface area contributed by atoms with Crippen LogP contribution >= 0.6 is 23.5 Å². The summed E-state index contributed by atoms with van der Waals surface area (Å²) < 4.78 is 0. The van der Waals surface area contributed by atoms with Crippen molar-refractivity contribution in [2.24, 2.45) is 0 Å². The first-order chi connectivity index (χ1) is 12.4. The number of thioether (sulfide) groups is 2. The molecule has 26 heavy (non-hydrogen) atoms. The van der Waals surface area contributed by atoms with Crippen LogP contribution in [0.4, 0.5) is 15.3 Å². The SMILES string of the molecule is CC(C)c1ccc(N(CN2C(=O)CSC2=O)CN2C(=O)CSC2=O)cc1. The van der Waals surface area contributed by atoms with Crippen LogP contribution in [0.15, 0.2) is 24.3 Å². The molecule has 0 saturated carbocycles. The van der Waals surface area contributed by atoms with E-state index in [1.54, 1.807) is 4.90 Å². The summed E-state index contributed by atoms with van der Waals surface area (Å²) in [5, 5.41) is -0.625. The quantitative estimate of drug-likeness (QED) is 0.735. The molecule has 2 fully saturated rings. The van der Waals surface area contributed by atoms with Gasteiger partial charge in [0, 0.05) is 5.69 Å². The number of carbonyl (C=O) groups is 4. The van der Waals surface area contributed by atoms with Crippen LogP contribution in [0, 0.1) is 0 Å². The molecule has 0 aliphatic carbocycles. The monoisotopic (exact) mass is 393 g/mol. The number of amides is 4. The Bertz CT molecular complexity index is 681. The average Bonchev–Trinajstić information content (AvgIpc) is 3.10. The van der Waals surface area contributed by atoms with Crippen molar-refractivity contribution in [3.8, 4) is 0 Å². The number of nitrogens with zero attached hydrogens (tertiary/aromatic N) is 3. The van der Waals surface area contributed by atoms with E-state index in [4.69, 9.17) is 0 Å². The topological polar surface area (TPSA) is 78.0 Å². The Morgan fingerprint density at radius 1 is 0.885 bits per heavy atom. The summed E-state index contributed by atoms with van der Waals surface area (Å²) in [6.45, 7) is 4.19. The molecule has 7 nitrogen and oxygen atoms in total. The predicted octanol–water partition coefficient (Wildman–Crippen LogP) is 2.92. The van der Waals surface area contributed by atoms with Crippen molar-refractivity contribution in [1.29, 1.82) is 0 Å². The summed E-state index contributed by atoms with van der Waals surface area (Å²) in [6, 6.07) is 7.70. The number of hydrogen-bond donors (Lipinski definition) is 0. The fraction of sp³-hybridized carbons (Fsp3) is 0.412. The summed E-state index contributed by atoms with van der Waals surface area (Å²) in [4.78, 5) is 51.8. The Labute approximate surface area is 160 Å². The number of hydrogen-bond acceptors (Lipinski definition) is 7. The smallest absolute Gasteiger partial charge is 0.290 e. The number of imide groups is 2. The number of anilines is 1. The summed E-state index contributed by atoms with van der Waals surface area (Å²) in [7, 11) is 0. The minimum atomic E-state index is -0.313. The Kier molecular flexibility index (Phi) is 5.57. The Morgan fingerprint density at radius 2 is 1.35 bits per heavy atom. The highest BCUT2D eigenvalue weighted by Crippen LogP contribution is 2.26. The highest BCUT2D eigenvalue weighted by Gasteiger charge is 2.35. The first-order valence-corrected chi connectivity index (χ1v) is 10.1. The molecule has 2 aliphatic heterocycles. The van der Waals surface area contributed by atoms with Crippen molar-refractivity contribution in [3.63, 3.8) is 0 Å². The standard InChI is InChI=1S/C17H19N3O4S2/c1-11(2)12-3-5-13(6-4-12)18(9-19-14(21)7-25-16(19)23)10-20-15(22)8-26-17(20)24/h3-6,11H,7-10H2,1-2H3. The van der Waals surface area contributed by atoms with Gasteiger partial charge >= 0.3 is 0 Å². The van der Waals surface area contributed by atoms with E-state index < -0.39 is 0 Å². The van der Waals surface area contributed by atoms with Gasteiger partial charge in [0.2, 0.25) is 11.8 Å². The third kappa shape index (κ3) is 3.88. The molecule has 0 unspecified atom stereocenters. The minimum Gasteiger partial charge on any atom is -0.335 e. The maximum atomic E-state index is 12.0. The lowest BCUT2D eigenvalue weighted by Crippen LogP contribution is -2.47. The summed E-state index contributed by atoms with van der Waals surface area (Å²) in [5.74, 6) is 0.0792. The van der Waals surface area contributed by atoms with E-state index in [9.17, 15) is 19.2 Å². The van der Waals surface area contributed by atoms with Gasteiger partial charge in [-0.2, -0.15) is 0 Å². The third-order valence-corrected chi connectivity index (χ3v) is 5.95. The molecule has 138 valence electrons. The fourth-order valence-electron chi connectivity index (χ4n) is 2.65. The van der Waals surface area contributed by atoms with Crippen LogP contribution in [-0.4, -0.2) is 56.9 Å². The highest BCUT2D eigenvalue weighted by atomic mass is 32.2. The van der Waals surface area contributed by atoms with Crippen LogP contribution in [-0.2, 0) is 9.59 Å². The highest BCUT2D eigenvalue weighted by molar-refractivity contribution is 8.15. The molecule has 4 amide bonds. The Balaban J connectivity index is 1.85. The fourth-order valence-corrected chi connectivity index (χ4v) is 4.09. The molecule has 1 aromatic rings. The van der Waals surface area contributed by atoms with Crippen LogP contribution in [0.5, 0.6) is 0 Å². The lowest BCUT2D eigenvalue weighted by atomic mass is 10.0. The number of rotatable bonds is 6. The summed E-state index contributed by atoms with van der Waals surface area (Å²) in [5.41, 5.74) is 1.89. The molecule has 1 aromatic carbocycles. The molecule has 0 bridgehead atoms. The van der Waals surface area contributed by atoms with E-state index >= 15 is 0 Å². The molecule has 0 atom stereocenters. The van der Waals surface area contributed by atoms with Gasteiger partial charge in [-0.1, -0.05) is 49.5 Å². The zero-order valence-corrected chi connectivity index (χ0v) is 16.1. The molecule has 0 aromatic heterocycles. The largest absolute Gasteiger partial charge is 0.335 e. The van der Waals surface area contributed by atoms with Crippen LogP contribution in [0.2, 0.25) is 0 Å². The zero-order chi connectivity index (χ0) is 18.8. The molecular formula is C17H19N3O4S2.